The monoisotopic (exact) mass is 240 g/mol. The summed E-state index contributed by atoms with van der Waals surface area (Å²) in [6.45, 7) is 2.22. The first-order chi connectivity index (χ1) is 7.29. The van der Waals surface area contributed by atoms with Crippen molar-refractivity contribution >= 4 is 23.5 Å². The van der Waals surface area contributed by atoms with E-state index in [9.17, 15) is 5.11 Å². The highest BCUT2D eigenvalue weighted by Gasteiger charge is 2.29. The molecule has 0 saturated carbocycles. The third-order valence-corrected chi connectivity index (χ3v) is 5.87. The second kappa shape index (κ2) is 5.28. The number of hydrogen-bond donors (Lipinski definition) is 1. The zero-order chi connectivity index (χ0) is 10.7. The molecule has 0 spiro atoms. The second-order valence-electron chi connectivity index (χ2n) is 3.77. The van der Waals surface area contributed by atoms with Gasteiger partial charge < -0.3 is 5.11 Å². The van der Waals surface area contributed by atoms with E-state index >= 15 is 0 Å². The van der Waals surface area contributed by atoms with Crippen LogP contribution in [-0.2, 0) is 0 Å². The van der Waals surface area contributed by atoms with Crippen molar-refractivity contribution in [3.05, 3.63) is 35.9 Å². The van der Waals surface area contributed by atoms with Crippen LogP contribution in [0, 0.1) is 0 Å². The number of hydrogen-bond acceptors (Lipinski definition) is 3. The van der Waals surface area contributed by atoms with Gasteiger partial charge in [-0.15, -0.1) is 0 Å². The molecule has 1 aromatic carbocycles. The van der Waals surface area contributed by atoms with Crippen LogP contribution in [0.1, 0.15) is 18.6 Å². The van der Waals surface area contributed by atoms with Crippen LogP contribution < -0.4 is 0 Å². The molecule has 1 fully saturated rings. The van der Waals surface area contributed by atoms with Crippen LogP contribution in [0.2, 0.25) is 0 Å². The van der Waals surface area contributed by atoms with Crippen LogP contribution in [-0.4, -0.2) is 27.1 Å². The number of aliphatic hydroxyl groups excluding tert-OH is 1. The molecule has 1 aliphatic heterocycles. The van der Waals surface area contributed by atoms with Gasteiger partial charge >= 0.3 is 0 Å². The molecule has 0 aliphatic carbocycles. The summed E-state index contributed by atoms with van der Waals surface area (Å²) in [7, 11) is 0. The standard InChI is InChI=1S/C12H16OS2/c1-9-12(15-8-7-14-9)11(13)10-5-3-2-4-6-10/h2-6,9,11-13H,7-8H2,1H3. The Morgan fingerprint density at radius 3 is 2.53 bits per heavy atom. The summed E-state index contributed by atoms with van der Waals surface area (Å²) in [5.74, 6) is 2.37. The minimum Gasteiger partial charge on any atom is -0.387 e. The summed E-state index contributed by atoms with van der Waals surface area (Å²) in [6, 6.07) is 9.99. The van der Waals surface area contributed by atoms with E-state index in [0.29, 0.717) is 10.5 Å². The van der Waals surface area contributed by atoms with Crippen molar-refractivity contribution in [2.24, 2.45) is 0 Å². The summed E-state index contributed by atoms with van der Waals surface area (Å²) in [4.78, 5) is 0. The predicted molar refractivity (Wildman–Crippen MR) is 69.6 cm³/mol. The molecule has 1 N–H and O–H groups in total. The number of benzene rings is 1. The third-order valence-electron chi connectivity index (χ3n) is 2.69. The summed E-state index contributed by atoms with van der Waals surface area (Å²) < 4.78 is 0. The SMILES string of the molecule is CC1SCCSC1C(O)c1ccccc1. The minimum absolute atomic E-state index is 0.320. The van der Waals surface area contributed by atoms with E-state index < -0.39 is 0 Å². The fourth-order valence-electron chi connectivity index (χ4n) is 1.84. The average molecular weight is 240 g/mol. The maximum absolute atomic E-state index is 10.3. The smallest absolute Gasteiger partial charge is 0.0919 e. The van der Waals surface area contributed by atoms with Crippen molar-refractivity contribution in [2.45, 2.75) is 23.5 Å². The van der Waals surface area contributed by atoms with E-state index in [1.807, 2.05) is 53.9 Å². The zero-order valence-electron chi connectivity index (χ0n) is 8.80. The lowest BCUT2D eigenvalue weighted by Crippen LogP contribution is -2.29. The molecule has 3 atom stereocenters. The van der Waals surface area contributed by atoms with Crippen molar-refractivity contribution < 1.29 is 5.11 Å². The van der Waals surface area contributed by atoms with Crippen LogP contribution >= 0.6 is 23.5 Å². The highest BCUT2D eigenvalue weighted by molar-refractivity contribution is 8.07. The molecular weight excluding hydrogens is 224 g/mol. The number of rotatable bonds is 2. The normalized spacial score (nSPS) is 28.7. The van der Waals surface area contributed by atoms with Gasteiger partial charge in [-0.25, -0.2) is 0 Å². The van der Waals surface area contributed by atoms with Crippen LogP contribution in [0.25, 0.3) is 0 Å². The highest BCUT2D eigenvalue weighted by atomic mass is 32.2. The molecule has 1 aliphatic rings. The number of aliphatic hydroxyl groups is 1. The van der Waals surface area contributed by atoms with E-state index in [1.165, 1.54) is 5.75 Å². The molecule has 1 nitrogen and oxygen atoms in total. The quantitative estimate of drug-likeness (QED) is 0.858. The van der Waals surface area contributed by atoms with Crippen LogP contribution in [0.4, 0.5) is 0 Å². The Morgan fingerprint density at radius 1 is 1.20 bits per heavy atom. The summed E-state index contributed by atoms with van der Waals surface area (Å²) in [6.07, 6.45) is -0.320. The molecule has 1 heterocycles. The van der Waals surface area contributed by atoms with Crippen molar-refractivity contribution in [3.63, 3.8) is 0 Å². The summed E-state index contributed by atoms with van der Waals surface area (Å²) in [5.41, 5.74) is 1.05. The Morgan fingerprint density at radius 2 is 1.87 bits per heavy atom. The van der Waals surface area contributed by atoms with Crippen LogP contribution in [0.3, 0.4) is 0 Å². The van der Waals surface area contributed by atoms with Gasteiger partial charge in [0, 0.05) is 22.0 Å². The molecular formula is C12H16OS2. The fourth-order valence-corrected chi connectivity index (χ4v) is 4.67. The van der Waals surface area contributed by atoms with Gasteiger partial charge in [-0.2, -0.15) is 23.5 Å². The zero-order valence-corrected chi connectivity index (χ0v) is 10.4. The summed E-state index contributed by atoms with van der Waals surface area (Å²) in [5, 5.41) is 11.2. The molecule has 1 saturated heterocycles. The molecule has 2 rings (SSSR count). The van der Waals surface area contributed by atoms with Crippen LogP contribution in [0.5, 0.6) is 0 Å². The average Bonchev–Trinajstić information content (AvgIpc) is 2.30. The first-order valence-corrected chi connectivity index (χ1v) is 7.35. The summed E-state index contributed by atoms with van der Waals surface area (Å²) >= 11 is 3.87. The van der Waals surface area contributed by atoms with Gasteiger partial charge in [0.05, 0.1) is 6.10 Å². The molecule has 0 aromatic heterocycles. The molecule has 0 radical (unpaired) electrons. The first kappa shape index (κ1) is 11.4. The largest absolute Gasteiger partial charge is 0.387 e. The Labute approximate surface area is 99.7 Å². The van der Waals surface area contributed by atoms with Crippen molar-refractivity contribution in [2.75, 3.05) is 11.5 Å². The van der Waals surface area contributed by atoms with Gasteiger partial charge in [0.1, 0.15) is 0 Å². The van der Waals surface area contributed by atoms with Crippen molar-refractivity contribution in [3.8, 4) is 0 Å². The van der Waals surface area contributed by atoms with E-state index in [2.05, 4.69) is 6.92 Å². The lowest BCUT2D eigenvalue weighted by atomic mass is 10.0. The lowest BCUT2D eigenvalue weighted by Gasteiger charge is -2.31. The molecule has 82 valence electrons. The molecule has 1 aromatic rings. The molecule has 0 amide bonds. The maximum atomic E-state index is 10.3. The Hall–Kier alpha value is -0.120. The Bertz CT molecular complexity index is 302. The minimum atomic E-state index is -0.320. The molecule has 3 unspecified atom stereocenters. The highest BCUT2D eigenvalue weighted by Crippen LogP contribution is 2.38. The van der Waals surface area contributed by atoms with Crippen LogP contribution in [0.15, 0.2) is 30.3 Å². The number of thioether (sulfide) groups is 2. The maximum Gasteiger partial charge on any atom is 0.0919 e. The second-order valence-corrected chi connectivity index (χ2v) is 6.54. The first-order valence-electron chi connectivity index (χ1n) is 5.25. The molecule has 15 heavy (non-hydrogen) atoms. The van der Waals surface area contributed by atoms with Gasteiger partial charge in [-0.05, 0) is 5.56 Å². The van der Waals surface area contributed by atoms with E-state index in [1.54, 1.807) is 0 Å². The van der Waals surface area contributed by atoms with Gasteiger partial charge in [-0.1, -0.05) is 37.3 Å². The molecule has 3 heteroatoms. The van der Waals surface area contributed by atoms with Gasteiger partial charge in [-0.3, -0.25) is 0 Å². The third kappa shape index (κ3) is 2.71. The van der Waals surface area contributed by atoms with E-state index in [-0.39, 0.29) is 6.10 Å². The van der Waals surface area contributed by atoms with Gasteiger partial charge in [0.15, 0.2) is 0 Å². The van der Waals surface area contributed by atoms with E-state index in [0.717, 1.165) is 11.3 Å². The Balaban J connectivity index is 2.09. The predicted octanol–water partition coefficient (Wildman–Crippen LogP) is 2.96. The van der Waals surface area contributed by atoms with Gasteiger partial charge in [0.25, 0.3) is 0 Å². The lowest BCUT2D eigenvalue weighted by molar-refractivity contribution is 0.174. The van der Waals surface area contributed by atoms with Crippen molar-refractivity contribution in [1.82, 2.24) is 0 Å². The fraction of sp³-hybridized carbons (Fsp3) is 0.500. The van der Waals surface area contributed by atoms with E-state index in [4.69, 9.17) is 0 Å². The van der Waals surface area contributed by atoms with Gasteiger partial charge in [0.2, 0.25) is 0 Å². The molecule has 0 bridgehead atoms. The van der Waals surface area contributed by atoms with Crippen molar-refractivity contribution in [1.29, 1.82) is 0 Å². The topological polar surface area (TPSA) is 20.2 Å². The Kier molecular flexibility index (Phi) is 4.00.